The molecule has 434 valence electrons. The molecule has 0 aromatic rings. The van der Waals surface area contributed by atoms with Crippen LogP contribution in [0.2, 0.25) is 0 Å². The summed E-state index contributed by atoms with van der Waals surface area (Å²) in [6, 6.07) is -0.855. The van der Waals surface area contributed by atoms with E-state index >= 15 is 0 Å². The maximum Gasteiger partial charge on any atom is 0.472 e. The Balaban J connectivity index is 5.17. The summed E-state index contributed by atoms with van der Waals surface area (Å²) in [7, 11) is 1.48. The lowest BCUT2D eigenvalue weighted by Gasteiger charge is -2.27. The number of hydrogen-bond donors (Lipinski definition) is 2. The zero-order chi connectivity index (χ0) is 55.0. The molecule has 0 aliphatic carbocycles. The van der Waals surface area contributed by atoms with Gasteiger partial charge in [0.2, 0.25) is 5.91 Å². The van der Waals surface area contributed by atoms with Crippen molar-refractivity contribution in [2.24, 2.45) is 0 Å². The molecule has 0 aromatic carbocycles. The van der Waals surface area contributed by atoms with Gasteiger partial charge in [-0.3, -0.25) is 18.6 Å². The van der Waals surface area contributed by atoms with Gasteiger partial charge in [-0.05, 0) is 83.1 Å². The first-order chi connectivity index (χ1) is 36.4. The average Bonchev–Trinajstić information content (AvgIpc) is 3.37. The third kappa shape index (κ3) is 55.7. The van der Waals surface area contributed by atoms with Crippen LogP contribution in [-0.4, -0.2) is 74.3 Å². The van der Waals surface area contributed by atoms with E-state index in [4.69, 9.17) is 13.8 Å². The zero-order valence-electron chi connectivity index (χ0n) is 49.5. The van der Waals surface area contributed by atoms with E-state index in [9.17, 15) is 19.0 Å². The molecule has 0 aromatic heterocycles. The fourth-order valence-corrected chi connectivity index (χ4v) is 9.33. The predicted molar refractivity (Wildman–Crippen MR) is 323 cm³/mol. The van der Waals surface area contributed by atoms with Crippen LogP contribution in [0.3, 0.4) is 0 Å². The molecule has 0 aliphatic rings. The van der Waals surface area contributed by atoms with Crippen molar-refractivity contribution >= 4 is 19.7 Å². The highest BCUT2D eigenvalue weighted by molar-refractivity contribution is 7.47. The van der Waals surface area contributed by atoms with Crippen molar-refractivity contribution in [3.05, 3.63) is 85.1 Å². The number of quaternary nitrogens is 1. The zero-order valence-corrected chi connectivity index (χ0v) is 50.4. The highest BCUT2D eigenvalue weighted by atomic mass is 31.2. The van der Waals surface area contributed by atoms with Gasteiger partial charge in [0.1, 0.15) is 19.3 Å². The number of carbonyl (C=O) groups excluding carboxylic acids is 2. The summed E-state index contributed by atoms with van der Waals surface area (Å²) in [4.78, 5) is 37.6. The van der Waals surface area contributed by atoms with Crippen molar-refractivity contribution in [1.29, 1.82) is 0 Å². The summed E-state index contributed by atoms with van der Waals surface area (Å²) in [5.74, 6) is -0.521. The Morgan fingerprint density at radius 1 is 0.480 bits per heavy atom. The van der Waals surface area contributed by atoms with Gasteiger partial charge in [0, 0.05) is 12.8 Å². The van der Waals surface area contributed by atoms with E-state index in [1.165, 1.54) is 109 Å². The van der Waals surface area contributed by atoms with Gasteiger partial charge in [-0.1, -0.05) is 254 Å². The third-order valence-corrected chi connectivity index (χ3v) is 14.3. The second-order valence-electron chi connectivity index (χ2n) is 21.9. The average molecular weight is 1070 g/mol. The smallest absolute Gasteiger partial charge is 0.456 e. The highest BCUT2D eigenvalue weighted by Gasteiger charge is 2.30. The SMILES string of the molecule is CC/C=C\C/C=C\C/C=C\C/C=C\C/C=C\C/C=C\CCCCCCCCC(=O)OC(/C=C\CCCCCCCCCCC)C(COP(=O)(O)OCC[N+](C)(C)C)NC(=O)CCCCCCCCCCCCCCC. The third-order valence-electron chi connectivity index (χ3n) is 13.3. The molecule has 3 atom stereocenters. The van der Waals surface area contributed by atoms with Crippen LogP contribution in [0, 0.1) is 0 Å². The van der Waals surface area contributed by atoms with Gasteiger partial charge < -0.3 is 19.4 Å². The summed E-state index contributed by atoms with van der Waals surface area (Å²) in [5.41, 5.74) is 0. The molecule has 0 saturated heterocycles. The molecule has 9 nitrogen and oxygen atoms in total. The van der Waals surface area contributed by atoms with Crippen molar-refractivity contribution in [3.63, 3.8) is 0 Å². The molecule has 0 fully saturated rings. The van der Waals surface area contributed by atoms with E-state index < -0.39 is 20.0 Å². The van der Waals surface area contributed by atoms with Crippen LogP contribution < -0.4 is 5.32 Å². The van der Waals surface area contributed by atoms with E-state index in [-0.39, 0.29) is 31.5 Å². The van der Waals surface area contributed by atoms with Crippen molar-refractivity contribution in [1.82, 2.24) is 5.32 Å². The van der Waals surface area contributed by atoms with Crippen molar-refractivity contribution < 1.29 is 37.3 Å². The largest absolute Gasteiger partial charge is 0.472 e. The summed E-state index contributed by atoms with van der Waals surface area (Å²) < 4.78 is 30.6. The van der Waals surface area contributed by atoms with Crippen LogP contribution in [-0.2, 0) is 27.9 Å². The van der Waals surface area contributed by atoms with Crippen molar-refractivity contribution in [2.75, 3.05) is 40.9 Å². The summed E-state index contributed by atoms with van der Waals surface area (Å²) in [5, 5.41) is 3.05. The number of ether oxygens (including phenoxy) is 1. The molecular weight excluding hydrogens is 952 g/mol. The number of carbonyl (C=O) groups is 2. The summed E-state index contributed by atoms with van der Waals surface area (Å²) in [6.07, 6.45) is 71.5. The number of nitrogens with one attached hydrogen (secondary N) is 1. The van der Waals surface area contributed by atoms with Gasteiger partial charge in [-0.15, -0.1) is 0 Å². The number of phosphoric acid groups is 1. The number of phosphoric ester groups is 1. The van der Waals surface area contributed by atoms with Crippen LogP contribution in [0.1, 0.15) is 265 Å². The number of unbranched alkanes of at least 4 members (excludes halogenated alkanes) is 27. The van der Waals surface area contributed by atoms with Crippen molar-refractivity contribution in [2.45, 2.75) is 277 Å². The number of nitrogens with zero attached hydrogens (tertiary/aromatic N) is 1. The summed E-state index contributed by atoms with van der Waals surface area (Å²) >= 11 is 0. The fraction of sp³-hybridized carbons (Fsp3) is 0.754. The second-order valence-corrected chi connectivity index (χ2v) is 23.3. The first-order valence-corrected chi connectivity index (χ1v) is 32.4. The van der Waals surface area contributed by atoms with E-state index in [0.717, 1.165) is 122 Å². The Bertz CT molecular complexity index is 1560. The minimum Gasteiger partial charge on any atom is -0.456 e. The maximum atomic E-state index is 13.5. The lowest BCUT2D eigenvalue weighted by molar-refractivity contribution is -0.870. The molecule has 2 N–H and O–H groups in total. The number of likely N-dealkylation sites (N-methyl/N-ethyl adjacent to an activating group) is 1. The maximum absolute atomic E-state index is 13.5. The monoisotopic (exact) mass is 1070 g/mol. The molecule has 0 bridgehead atoms. The van der Waals surface area contributed by atoms with Crippen molar-refractivity contribution in [3.8, 4) is 0 Å². The topological polar surface area (TPSA) is 111 Å². The normalized spacial score (nSPS) is 14.3. The molecular formula is C65H118N2O7P+. The Kier molecular flexibility index (Phi) is 52.5. The molecule has 0 spiro atoms. The minimum atomic E-state index is -4.45. The van der Waals surface area contributed by atoms with Crippen LogP contribution in [0.25, 0.3) is 0 Å². The predicted octanol–water partition coefficient (Wildman–Crippen LogP) is 19.0. The van der Waals surface area contributed by atoms with Gasteiger partial charge in [-0.2, -0.15) is 0 Å². The lowest BCUT2D eigenvalue weighted by atomic mass is 10.0. The number of amides is 1. The van der Waals surface area contributed by atoms with Gasteiger partial charge in [-0.25, -0.2) is 4.57 Å². The number of hydrogen-bond acceptors (Lipinski definition) is 6. The van der Waals surface area contributed by atoms with Gasteiger partial charge in [0.05, 0.1) is 33.8 Å². The van der Waals surface area contributed by atoms with Crippen LogP contribution in [0.4, 0.5) is 0 Å². The van der Waals surface area contributed by atoms with E-state index in [2.05, 4.69) is 99.0 Å². The number of allylic oxidation sites excluding steroid dienone is 13. The first-order valence-electron chi connectivity index (χ1n) is 30.9. The molecule has 0 radical (unpaired) electrons. The van der Waals surface area contributed by atoms with Crippen LogP contribution in [0.15, 0.2) is 85.1 Å². The van der Waals surface area contributed by atoms with Gasteiger partial charge in [0.15, 0.2) is 0 Å². The molecule has 0 saturated carbocycles. The quantitative estimate of drug-likeness (QED) is 0.0205. The Hall–Kier alpha value is -2.81. The Labute approximate surface area is 463 Å². The number of rotatable bonds is 55. The molecule has 0 rings (SSSR count). The Morgan fingerprint density at radius 3 is 1.28 bits per heavy atom. The van der Waals surface area contributed by atoms with Gasteiger partial charge in [0.25, 0.3) is 0 Å². The fourth-order valence-electron chi connectivity index (χ4n) is 8.59. The van der Waals surface area contributed by atoms with Crippen LogP contribution in [0.5, 0.6) is 0 Å². The molecule has 1 amide bonds. The highest BCUT2D eigenvalue weighted by Crippen LogP contribution is 2.43. The minimum absolute atomic E-state index is 0.0356. The molecule has 0 aliphatic heterocycles. The summed E-state index contributed by atoms with van der Waals surface area (Å²) in [6.45, 7) is 6.88. The van der Waals surface area contributed by atoms with E-state index in [1.54, 1.807) is 0 Å². The first kappa shape index (κ1) is 72.2. The Morgan fingerprint density at radius 2 is 0.853 bits per heavy atom. The van der Waals surface area contributed by atoms with Crippen LogP contribution >= 0.6 is 7.82 Å². The number of esters is 1. The van der Waals surface area contributed by atoms with E-state index in [0.29, 0.717) is 17.4 Å². The molecule has 3 unspecified atom stereocenters. The van der Waals surface area contributed by atoms with E-state index in [1.807, 2.05) is 33.3 Å². The standard InChI is InChI=1S/C65H117N2O7P/c1-7-10-13-16-19-22-25-27-28-29-30-31-32-33-34-35-36-37-38-40-43-46-49-52-55-58-65(69)74-63(56-53-50-47-44-41-24-21-18-15-12-9-3)62(61-73-75(70,71)72-60-59-67(4,5)6)66-64(68)57-54-51-48-45-42-39-26-23-20-17-14-11-8-2/h10,13,19,22,27-28,30-31,33-34,36-37,53,56,62-63H,7-9,11-12,14-18,20-21,23-26,29,32,35,38-52,54-55,57-61H2,1-6H3,(H-,66,68,70,71)/p+1/b13-10-,22-19-,28-27-,31-30-,34-33-,37-36-,56-53-. The second kappa shape index (κ2) is 54.5. The molecule has 75 heavy (non-hydrogen) atoms. The molecule has 10 heteroatoms. The molecule has 0 heterocycles. The lowest BCUT2D eigenvalue weighted by Crippen LogP contribution is -2.47. The van der Waals surface area contributed by atoms with Gasteiger partial charge >= 0.3 is 13.8 Å².